The Morgan fingerprint density at radius 1 is 1.13 bits per heavy atom. The Kier molecular flexibility index (Phi) is 5.75. The second-order valence-corrected chi connectivity index (χ2v) is 9.38. The molecule has 0 fully saturated rings. The summed E-state index contributed by atoms with van der Waals surface area (Å²) in [6.45, 7) is 0.631. The van der Waals surface area contributed by atoms with Crippen molar-refractivity contribution in [3.63, 3.8) is 0 Å². The number of anilines is 1. The summed E-state index contributed by atoms with van der Waals surface area (Å²) in [4.78, 5) is 26.5. The minimum atomic E-state index is -3.58. The third kappa shape index (κ3) is 5.09. The topological polar surface area (TPSA) is 138 Å². The average Bonchev–Trinajstić information content (AvgIpc) is 3.29. The van der Waals surface area contributed by atoms with Crippen LogP contribution in [0.5, 0.6) is 0 Å². The maximum absolute atomic E-state index is 12.6. The van der Waals surface area contributed by atoms with Crippen LogP contribution in [0.3, 0.4) is 0 Å². The van der Waals surface area contributed by atoms with Crippen LogP contribution in [0, 0.1) is 0 Å². The average molecular weight is 442 g/mol. The molecule has 0 atom stereocenters. The van der Waals surface area contributed by atoms with Gasteiger partial charge in [0.2, 0.25) is 21.8 Å². The zero-order valence-electron chi connectivity index (χ0n) is 16.8. The van der Waals surface area contributed by atoms with Gasteiger partial charge in [-0.1, -0.05) is 42.5 Å². The molecule has 0 spiro atoms. The standard InChI is InChI=1S/C21H23N5O4S/c22-31(29,30)9-3-6-20(28)26-12-17-18(13-26)24-25-21(17)23-19(27)11-14-7-8-15-4-1-2-5-16(15)10-14/h1-2,4-5,7-8,10H,3,6,9,11-13H2,(H2,22,29,30)(H2,23,24,25,27). The highest BCUT2D eigenvalue weighted by molar-refractivity contribution is 7.89. The number of amides is 2. The number of primary sulfonamides is 1. The van der Waals surface area contributed by atoms with Crippen molar-refractivity contribution in [1.82, 2.24) is 15.1 Å². The largest absolute Gasteiger partial charge is 0.332 e. The zero-order chi connectivity index (χ0) is 22.0. The smallest absolute Gasteiger partial charge is 0.229 e. The molecule has 2 aromatic carbocycles. The highest BCUT2D eigenvalue weighted by atomic mass is 32.2. The molecule has 162 valence electrons. The van der Waals surface area contributed by atoms with E-state index in [1.54, 1.807) is 4.90 Å². The maximum atomic E-state index is 12.6. The van der Waals surface area contributed by atoms with E-state index in [2.05, 4.69) is 15.5 Å². The summed E-state index contributed by atoms with van der Waals surface area (Å²) in [5.41, 5.74) is 2.37. The molecule has 1 aromatic heterocycles. The number of nitrogens with two attached hydrogens (primary N) is 1. The summed E-state index contributed by atoms with van der Waals surface area (Å²) in [6, 6.07) is 13.9. The van der Waals surface area contributed by atoms with Gasteiger partial charge in [0.1, 0.15) is 5.82 Å². The fourth-order valence-electron chi connectivity index (χ4n) is 3.71. The first-order chi connectivity index (χ1) is 14.8. The Hall–Kier alpha value is -3.24. The van der Waals surface area contributed by atoms with Gasteiger partial charge in [0.25, 0.3) is 0 Å². The van der Waals surface area contributed by atoms with Crippen molar-refractivity contribution in [2.24, 2.45) is 5.14 Å². The quantitative estimate of drug-likeness (QED) is 0.512. The van der Waals surface area contributed by atoms with Gasteiger partial charge < -0.3 is 10.2 Å². The predicted octanol–water partition coefficient (Wildman–Crippen LogP) is 1.66. The Bertz CT molecular complexity index is 1250. The van der Waals surface area contributed by atoms with Crippen LogP contribution in [-0.4, -0.2) is 41.1 Å². The first-order valence-corrected chi connectivity index (χ1v) is 11.6. The summed E-state index contributed by atoms with van der Waals surface area (Å²) in [5, 5.41) is 17.0. The van der Waals surface area contributed by atoms with E-state index in [4.69, 9.17) is 5.14 Å². The number of fused-ring (bicyclic) bond motifs is 2. The number of benzene rings is 2. The van der Waals surface area contributed by atoms with E-state index < -0.39 is 10.0 Å². The van der Waals surface area contributed by atoms with Gasteiger partial charge in [-0.2, -0.15) is 5.10 Å². The minimum absolute atomic E-state index is 0.0913. The van der Waals surface area contributed by atoms with Gasteiger partial charge in [-0.3, -0.25) is 14.7 Å². The molecule has 4 rings (SSSR count). The van der Waals surface area contributed by atoms with Crippen LogP contribution >= 0.6 is 0 Å². The summed E-state index contributed by atoms with van der Waals surface area (Å²) in [6.07, 6.45) is 0.482. The molecule has 9 nitrogen and oxygen atoms in total. The SMILES string of the molecule is NS(=O)(=O)CCCC(=O)N1Cc2n[nH]c(NC(=O)Cc3ccc4ccccc4c3)c2C1. The number of aromatic nitrogens is 2. The summed E-state index contributed by atoms with van der Waals surface area (Å²) in [5.74, 6) is -0.0937. The van der Waals surface area contributed by atoms with Gasteiger partial charge in [0.15, 0.2) is 0 Å². The van der Waals surface area contributed by atoms with Crippen molar-refractivity contribution in [3.8, 4) is 0 Å². The van der Waals surface area contributed by atoms with E-state index in [0.29, 0.717) is 24.6 Å². The summed E-state index contributed by atoms with van der Waals surface area (Å²) >= 11 is 0. The molecule has 0 saturated heterocycles. The Morgan fingerprint density at radius 3 is 2.68 bits per heavy atom. The van der Waals surface area contributed by atoms with E-state index in [9.17, 15) is 18.0 Å². The van der Waals surface area contributed by atoms with Crippen molar-refractivity contribution < 1.29 is 18.0 Å². The van der Waals surface area contributed by atoms with Crippen LogP contribution in [0.25, 0.3) is 10.8 Å². The Balaban J connectivity index is 1.35. The Labute approximate surface area is 179 Å². The summed E-state index contributed by atoms with van der Waals surface area (Å²) < 4.78 is 22.0. The third-order valence-electron chi connectivity index (χ3n) is 5.26. The number of carbonyl (C=O) groups is 2. The van der Waals surface area contributed by atoms with Crippen LogP contribution in [0.4, 0.5) is 5.82 Å². The molecule has 0 aliphatic carbocycles. The molecule has 2 heterocycles. The van der Waals surface area contributed by atoms with Gasteiger partial charge in [-0.05, 0) is 22.8 Å². The third-order valence-corrected chi connectivity index (χ3v) is 6.12. The molecule has 4 N–H and O–H groups in total. The van der Waals surface area contributed by atoms with Gasteiger partial charge in [0.05, 0.1) is 31.0 Å². The van der Waals surface area contributed by atoms with Crippen molar-refractivity contribution in [2.75, 3.05) is 11.1 Å². The molecule has 10 heteroatoms. The normalized spacial score (nSPS) is 13.4. The number of aromatic amines is 1. The van der Waals surface area contributed by atoms with Crippen LogP contribution in [0.1, 0.15) is 29.7 Å². The number of hydrogen-bond donors (Lipinski definition) is 3. The molecule has 0 unspecified atom stereocenters. The number of nitrogens with one attached hydrogen (secondary N) is 2. The fourth-order valence-corrected chi connectivity index (χ4v) is 4.26. The van der Waals surface area contributed by atoms with E-state index in [1.807, 2.05) is 42.5 Å². The number of carbonyl (C=O) groups excluding carboxylic acids is 2. The summed E-state index contributed by atoms with van der Waals surface area (Å²) in [7, 11) is -3.58. The molecule has 1 aliphatic heterocycles. The van der Waals surface area contributed by atoms with Crippen LogP contribution in [0.15, 0.2) is 42.5 Å². The fraction of sp³-hybridized carbons (Fsp3) is 0.286. The number of H-pyrrole nitrogens is 1. The lowest BCUT2D eigenvalue weighted by molar-refractivity contribution is -0.131. The van der Waals surface area contributed by atoms with Crippen molar-refractivity contribution >= 4 is 38.4 Å². The van der Waals surface area contributed by atoms with Crippen molar-refractivity contribution in [3.05, 3.63) is 59.3 Å². The van der Waals surface area contributed by atoms with Crippen molar-refractivity contribution in [2.45, 2.75) is 32.4 Å². The molecular weight excluding hydrogens is 418 g/mol. The van der Waals surface area contributed by atoms with Crippen LogP contribution < -0.4 is 10.5 Å². The first kappa shape index (κ1) is 21.0. The molecule has 0 bridgehead atoms. The van der Waals surface area contributed by atoms with Gasteiger partial charge in [0, 0.05) is 12.0 Å². The number of nitrogens with zero attached hydrogens (tertiary/aromatic N) is 2. The van der Waals surface area contributed by atoms with Crippen molar-refractivity contribution in [1.29, 1.82) is 0 Å². The van der Waals surface area contributed by atoms with Gasteiger partial charge in [-0.15, -0.1) is 0 Å². The van der Waals surface area contributed by atoms with E-state index >= 15 is 0 Å². The lowest BCUT2D eigenvalue weighted by Crippen LogP contribution is -2.27. The molecule has 0 saturated carbocycles. The lowest BCUT2D eigenvalue weighted by atomic mass is 10.0. The number of rotatable bonds is 7. The van der Waals surface area contributed by atoms with Crippen LogP contribution in [0.2, 0.25) is 0 Å². The molecule has 31 heavy (non-hydrogen) atoms. The number of sulfonamides is 1. The van der Waals surface area contributed by atoms with E-state index in [-0.39, 0.29) is 36.8 Å². The van der Waals surface area contributed by atoms with Gasteiger partial charge in [-0.25, -0.2) is 13.6 Å². The monoisotopic (exact) mass is 441 g/mol. The van der Waals surface area contributed by atoms with Crippen LogP contribution in [-0.2, 0) is 39.1 Å². The molecule has 3 aromatic rings. The highest BCUT2D eigenvalue weighted by Crippen LogP contribution is 2.28. The maximum Gasteiger partial charge on any atom is 0.229 e. The second kappa shape index (κ2) is 8.48. The zero-order valence-corrected chi connectivity index (χ0v) is 17.6. The first-order valence-electron chi connectivity index (χ1n) is 9.90. The second-order valence-electron chi connectivity index (χ2n) is 7.65. The molecule has 2 amide bonds. The van der Waals surface area contributed by atoms with Gasteiger partial charge >= 0.3 is 0 Å². The van der Waals surface area contributed by atoms with E-state index in [1.165, 1.54) is 0 Å². The molecule has 1 aliphatic rings. The predicted molar refractivity (Wildman–Crippen MR) is 116 cm³/mol. The number of hydrogen-bond acceptors (Lipinski definition) is 5. The Morgan fingerprint density at radius 2 is 1.90 bits per heavy atom. The molecule has 0 radical (unpaired) electrons. The highest BCUT2D eigenvalue weighted by Gasteiger charge is 2.28. The van der Waals surface area contributed by atoms with E-state index in [0.717, 1.165) is 21.9 Å². The lowest BCUT2D eigenvalue weighted by Gasteiger charge is -2.15. The molecular formula is C21H23N5O4S. The minimum Gasteiger partial charge on any atom is -0.332 e.